The van der Waals surface area contributed by atoms with Crippen LogP contribution in [0.1, 0.15) is 26.7 Å². The minimum Gasteiger partial charge on any atom is -0.497 e. The van der Waals surface area contributed by atoms with E-state index in [0.717, 1.165) is 21.6 Å². The lowest BCUT2D eigenvalue weighted by molar-refractivity contribution is -0.116. The van der Waals surface area contributed by atoms with Crippen molar-refractivity contribution >= 4 is 34.1 Å². The molecule has 1 N–H and O–H groups in total. The van der Waals surface area contributed by atoms with Crippen LogP contribution in [0.5, 0.6) is 11.5 Å². The Kier molecular flexibility index (Phi) is 8.00. The van der Waals surface area contributed by atoms with Crippen molar-refractivity contribution in [3.8, 4) is 11.5 Å². The Hall–Kier alpha value is -1.80. The van der Waals surface area contributed by atoms with Crippen LogP contribution in [-0.2, 0) is 4.79 Å². The third-order valence-corrected chi connectivity index (χ3v) is 5.47. The Morgan fingerprint density at radius 3 is 2.64 bits per heavy atom. The number of carbonyl (C=O) groups excluding carboxylic acids is 1. The van der Waals surface area contributed by atoms with Gasteiger partial charge in [-0.25, -0.2) is 0 Å². The smallest absolute Gasteiger partial charge is 0.226 e. The first-order valence-corrected chi connectivity index (χ1v) is 9.90. The average molecular weight is 382 g/mol. The number of hydrogen-bond donors (Lipinski definition) is 1. The summed E-state index contributed by atoms with van der Waals surface area (Å²) in [6.45, 7) is 4.79. The van der Waals surface area contributed by atoms with E-state index in [4.69, 9.17) is 9.47 Å². The van der Waals surface area contributed by atoms with E-state index < -0.39 is 0 Å². The SMILES string of the molecule is COc1ccc(OCCCC(=O)Nc2nnc(SCC(C)C)s2)cc1. The third-order valence-electron chi connectivity index (χ3n) is 3.07. The van der Waals surface area contributed by atoms with Crippen LogP contribution >= 0.6 is 23.1 Å². The summed E-state index contributed by atoms with van der Waals surface area (Å²) in [6.07, 6.45) is 1.01. The van der Waals surface area contributed by atoms with Crippen molar-refractivity contribution in [2.24, 2.45) is 5.92 Å². The number of benzene rings is 1. The van der Waals surface area contributed by atoms with Crippen molar-refractivity contribution < 1.29 is 14.3 Å². The zero-order valence-corrected chi connectivity index (χ0v) is 16.3. The number of nitrogens with one attached hydrogen (secondary N) is 1. The van der Waals surface area contributed by atoms with Crippen LogP contribution in [0.15, 0.2) is 28.6 Å². The second kappa shape index (κ2) is 10.2. The summed E-state index contributed by atoms with van der Waals surface area (Å²) < 4.78 is 11.6. The van der Waals surface area contributed by atoms with Crippen molar-refractivity contribution in [3.63, 3.8) is 0 Å². The Bertz CT molecular complexity index is 659. The number of methoxy groups -OCH3 is 1. The van der Waals surface area contributed by atoms with Crippen molar-refractivity contribution in [2.75, 3.05) is 24.8 Å². The molecule has 25 heavy (non-hydrogen) atoms. The zero-order valence-electron chi connectivity index (χ0n) is 14.7. The van der Waals surface area contributed by atoms with Crippen LogP contribution in [0.25, 0.3) is 0 Å². The van der Waals surface area contributed by atoms with E-state index in [1.807, 2.05) is 24.3 Å². The van der Waals surface area contributed by atoms with E-state index >= 15 is 0 Å². The highest BCUT2D eigenvalue weighted by atomic mass is 32.2. The Labute approximate surface area is 156 Å². The molecule has 6 nitrogen and oxygen atoms in total. The van der Waals surface area contributed by atoms with Gasteiger partial charge in [-0.2, -0.15) is 0 Å². The lowest BCUT2D eigenvalue weighted by Gasteiger charge is -2.06. The number of ether oxygens (including phenoxy) is 2. The monoisotopic (exact) mass is 381 g/mol. The lowest BCUT2D eigenvalue weighted by Crippen LogP contribution is -2.12. The molecule has 0 aliphatic rings. The molecule has 0 saturated heterocycles. The number of nitrogens with zero attached hydrogens (tertiary/aromatic N) is 2. The molecule has 136 valence electrons. The molecule has 8 heteroatoms. The topological polar surface area (TPSA) is 73.3 Å². The van der Waals surface area contributed by atoms with Crippen LogP contribution in [0.4, 0.5) is 5.13 Å². The van der Waals surface area contributed by atoms with Gasteiger partial charge in [0.25, 0.3) is 0 Å². The first-order chi connectivity index (χ1) is 12.1. The first kappa shape index (κ1) is 19.5. The number of rotatable bonds is 10. The summed E-state index contributed by atoms with van der Waals surface area (Å²) in [5.74, 6) is 3.06. The molecule has 1 heterocycles. The molecule has 0 unspecified atom stereocenters. The molecule has 0 aliphatic carbocycles. The van der Waals surface area contributed by atoms with Crippen LogP contribution in [0.3, 0.4) is 0 Å². The van der Waals surface area contributed by atoms with E-state index in [0.29, 0.717) is 30.5 Å². The highest BCUT2D eigenvalue weighted by Crippen LogP contribution is 2.27. The zero-order chi connectivity index (χ0) is 18.1. The molecule has 1 amide bonds. The number of aromatic nitrogens is 2. The molecule has 0 aliphatic heterocycles. The highest BCUT2D eigenvalue weighted by molar-refractivity contribution is 8.01. The van der Waals surface area contributed by atoms with Gasteiger partial charge in [0.2, 0.25) is 11.0 Å². The third kappa shape index (κ3) is 7.31. The molecule has 2 aromatic rings. The molecule has 0 spiro atoms. The maximum atomic E-state index is 11.9. The first-order valence-electron chi connectivity index (χ1n) is 8.10. The van der Waals surface area contributed by atoms with Crippen LogP contribution in [0, 0.1) is 5.92 Å². The minimum atomic E-state index is -0.0742. The van der Waals surface area contributed by atoms with E-state index in [-0.39, 0.29) is 5.91 Å². The van der Waals surface area contributed by atoms with Crippen LogP contribution in [0.2, 0.25) is 0 Å². The quantitative estimate of drug-likeness (QED) is 0.380. The Morgan fingerprint density at radius 2 is 1.96 bits per heavy atom. The van der Waals surface area contributed by atoms with Gasteiger partial charge in [-0.15, -0.1) is 10.2 Å². The molecule has 1 aromatic carbocycles. The van der Waals surface area contributed by atoms with E-state index in [1.54, 1.807) is 18.9 Å². The summed E-state index contributed by atoms with van der Waals surface area (Å²) in [6, 6.07) is 7.37. The van der Waals surface area contributed by atoms with Gasteiger partial charge in [0.15, 0.2) is 4.34 Å². The minimum absolute atomic E-state index is 0.0742. The van der Waals surface area contributed by atoms with Gasteiger partial charge in [-0.1, -0.05) is 36.9 Å². The van der Waals surface area contributed by atoms with Crippen molar-refractivity contribution in [1.29, 1.82) is 0 Å². The Morgan fingerprint density at radius 1 is 1.24 bits per heavy atom. The number of carbonyl (C=O) groups is 1. The van der Waals surface area contributed by atoms with Gasteiger partial charge < -0.3 is 14.8 Å². The number of thioether (sulfide) groups is 1. The average Bonchev–Trinajstić information content (AvgIpc) is 3.05. The van der Waals surface area contributed by atoms with Gasteiger partial charge >= 0.3 is 0 Å². The van der Waals surface area contributed by atoms with Crippen molar-refractivity contribution in [1.82, 2.24) is 10.2 Å². The Balaban J connectivity index is 1.65. The predicted molar refractivity (Wildman–Crippen MR) is 102 cm³/mol. The van der Waals surface area contributed by atoms with Crippen LogP contribution in [-0.4, -0.2) is 35.6 Å². The van der Waals surface area contributed by atoms with Crippen molar-refractivity contribution in [2.45, 2.75) is 31.0 Å². The highest BCUT2D eigenvalue weighted by Gasteiger charge is 2.09. The molecule has 0 atom stereocenters. The predicted octanol–water partition coefficient (Wildman–Crippen LogP) is 4.09. The van der Waals surface area contributed by atoms with Gasteiger partial charge in [0, 0.05) is 12.2 Å². The summed E-state index contributed by atoms with van der Waals surface area (Å²) in [4.78, 5) is 11.9. The molecular formula is C17H23N3O3S2. The summed E-state index contributed by atoms with van der Waals surface area (Å²) >= 11 is 3.07. The molecule has 1 aromatic heterocycles. The molecule has 0 fully saturated rings. The standard InChI is InChI=1S/C17H23N3O3S2/c1-12(2)11-24-17-20-19-16(25-17)18-15(21)5-4-10-23-14-8-6-13(22-3)7-9-14/h6-9,12H,4-5,10-11H2,1-3H3,(H,18,19,21). The van der Waals surface area contributed by atoms with Gasteiger partial charge in [-0.05, 0) is 36.6 Å². The second-order valence-corrected chi connectivity index (χ2v) is 8.00. The fourth-order valence-corrected chi connectivity index (χ4v) is 3.58. The van der Waals surface area contributed by atoms with Crippen molar-refractivity contribution in [3.05, 3.63) is 24.3 Å². The summed E-state index contributed by atoms with van der Waals surface area (Å²) in [5.41, 5.74) is 0. The fraction of sp³-hybridized carbons (Fsp3) is 0.471. The number of hydrogen-bond acceptors (Lipinski definition) is 7. The van der Waals surface area contributed by atoms with Gasteiger partial charge in [-0.3, -0.25) is 4.79 Å². The van der Waals surface area contributed by atoms with Gasteiger partial charge in [0.05, 0.1) is 13.7 Å². The normalized spacial score (nSPS) is 10.7. The molecule has 0 radical (unpaired) electrons. The van der Waals surface area contributed by atoms with Gasteiger partial charge in [0.1, 0.15) is 11.5 Å². The molecule has 0 saturated carbocycles. The number of amides is 1. The summed E-state index contributed by atoms with van der Waals surface area (Å²) in [5, 5.41) is 11.4. The molecular weight excluding hydrogens is 358 g/mol. The largest absolute Gasteiger partial charge is 0.497 e. The molecule has 2 rings (SSSR count). The van der Waals surface area contributed by atoms with Crippen LogP contribution < -0.4 is 14.8 Å². The van der Waals surface area contributed by atoms with E-state index in [1.165, 1.54) is 11.3 Å². The molecule has 0 bridgehead atoms. The maximum Gasteiger partial charge on any atom is 0.226 e. The van der Waals surface area contributed by atoms with E-state index in [9.17, 15) is 4.79 Å². The number of anilines is 1. The summed E-state index contributed by atoms with van der Waals surface area (Å²) in [7, 11) is 1.62. The lowest BCUT2D eigenvalue weighted by atomic mass is 10.3. The second-order valence-electron chi connectivity index (χ2n) is 5.75. The fourth-order valence-electron chi connectivity index (χ4n) is 1.83. The van der Waals surface area contributed by atoms with E-state index in [2.05, 4.69) is 29.4 Å². The maximum absolute atomic E-state index is 11.9.